The molecule has 0 heterocycles. The second-order valence-corrected chi connectivity index (χ2v) is 1.84. The van der Waals surface area contributed by atoms with E-state index in [1.165, 1.54) is 0 Å². The smallest absolute Gasteiger partial charge is 0.0321 e. The van der Waals surface area contributed by atoms with Gasteiger partial charge in [0.2, 0.25) is 0 Å². The monoisotopic (exact) mass is 98.1 g/mol. The second-order valence-electron chi connectivity index (χ2n) is 1.84. The third-order valence-electron chi connectivity index (χ3n) is 1.24. The summed E-state index contributed by atoms with van der Waals surface area (Å²) < 4.78 is 0. The van der Waals surface area contributed by atoms with Crippen molar-refractivity contribution in [2.24, 2.45) is 5.73 Å². The van der Waals surface area contributed by atoms with Gasteiger partial charge in [0.1, 0.15) is 0 Å². The molecular weight excluding hydrogens is 88.1 g/mol. The van der Waals surface area contributed by atoms with E-state index in [0.717, 1.165) is 12.1 Å². The predicted octanol–water partition coefficient (Wildman–Crippen LogP) is -0.179. The molecule has 7 heavy (non-hydrogen) atoms. The minimum Gasteiger partial charge on any atom is -0.402 e. The van der Waals surface area contributed by atoms with Crippen molar-refractivity contribution in [2.45, 2.75) is 12.5 Å². The van der Waals surface area contributed by atoms with Crippen LogP contribution in [0.15, 0.2) is 11.8 Å². The summed E-state index contributed by atoms with van der Waals surface area (Å²) in [7, 11) is 1.94. The maximum atomic E-state index is 5.37. The Morgan fingerprint density at radius 1 is 2.00 bits per heavy atom. The van der Waals surface area contributed by atoms with Crippen molar-refractivity contribution in [3.8, 4) is 0 Å². The summed E-state index contributed by atoms with van der Waals surface area (Å²) in [6.45, 7) is 0. The highest BCUT2D eigenvalue weighted by Crippen LogP contribution is 2.11. The fraction of sp³-hybridized carbons (Fsp3) is 0.600. The van der Waals surface area contributed by atoms with Gasteiger partial charge in [-0.2, -0.15) is 0 Å². The molecule has 0 amide bonds. The van der Waals surface area contributed by atoms with E-state index in [2.05, 4.69) is 5.32 Å². The van der Waals surface area contributed by atoms with Crippen molar-refractivity contribution >= 4 is 0 Å². The molecule has 0 aromatic carbocycles. The molecule has 0 spiro atoms. The molecule has 2 nitrogen and oxygen atoms in total. The van der Waals surface area contributed by atoms with Gasteiger partial charge in [0.15, 0.2) is 0 Å². The zero-order valence-corrected chi connectivity index (χ0v) is 4.44. The van der Waals surface area contributed by atoms with E-state index in [1.54, 1.807) is 0 Å². The van der Waals surface area contributed by atoms with Gasteiger partial charge in [0.05, 0.1) is 0 Å². The van der Waals surface area contributed by atoms with Crippen molar-refractivity contribution < 1.29 is 0 Å². The van der Waals surface area contributed by atoms with E-state index < -0.39 is 0 Å². The summed E-state index contributed by atoms with van der Waals surface area (Å²) in [4.78, 5) is 0. The van der Waals surface area contributed by atoms with Crippen molar-refractivity contribution in [1.29, 1.82) is 0 Å². The molecule has 0 aliphatic heterocycles. The van der Waals surface area contributed by atoms with Gasteiger partial charge in [-0.3, -0.25) is 0 Å². The fourth-order valence-electron chi connectivity index (χ4n) is 0.664. The van der Waals surface area contributed by atoms with Gasteiger partial charge in [-0.05, 0) is 13.1 Å². The quantitative estimate of drug-likeness (QED) is 0.477. The Bertz CT molecular complexity index is 96.3. The van der Waals surface area contributed by atoms with Crippen molar-refractivity contribution in [2.75, 3.05) is 7.05 Å². The summed E-state index contributed by atoms with van der Waals surface area (Å²) in [6.07, 6.45) is 3.05. The number of hydrogen-bond acceptors (Lipinski definition) is 2. The first-order chi connectivity index (χ1) is 3.33. The number of hydrogen-bond donors (Lipinski definition) is 2. The third kappa shape index (κ3) is 0.747. The van der Waals surface area contributed by atoms with Crippen LogP contribution in [0.5, 0.6) is 0 Å². The molecule has 1 atom stereocenters. The number of rotatable bonds is 1. The molecule has 3 N–H and O–H groups in total. The van der Waals surface area contributed by atoms with Gasteiger partial charge in [-0.25, -0.2) is 0 Å². The summed E-state index contributed by atoms with van der Waals surface area (Å²) in [5, 5.41) is 3.08. The van der Waals surface area contributed by atoms with Crippen molar-refractivity contribution in [1.82, 2.24) is 5.32 Å². The summed E-state index contributed by atoms with van der Waals surface area (Å²) in [6, 6.07) is 0.556. The maximum Gasteiger partial charge on any atom is 0.0321 e. The van der Waals surface area contributed by atoms with E-state index >= 15 is 0 Å². The van der Waals surface area contributed by atoms with Crippen LogP contribution in [0, 0.1) is 0 Å². The van der Waals surface area contributed by atoms with Crippen LogP contribution in [0.1, 0.15) is 6.42 Å². The van der Waals surface area contributed by atoms with Gasteiger partial charge >= 0.3 is 0 Å². The van der Waals surface area contributed by atoms with Gasteiger partial charge in [0, 0.05) is 18.2 Å². The Hall–Kier alpha value is -0.500. The Morgan fingerprint density at radius 2 is 2.57 bits per heavy atom. The largest absolute Gasteiger partial charge is 0.402 e. The van der Waals surface area contributed by atoms with E-state index in [0.29, 0.717) is 6.04 Å². The first-order valence-electron chi connectivity index (χ1n) is 2.46. The lowest BCUT2D eigenvalue weighted by Gasteiger charge is -2.20. The van der Waals surface area contributed by atoms with Crippen LogP contribution < -0.4 is 11.1 Å². The minimum atomic E-state index is 0.556. The molecule has 2 heteroatoms. The SMILES string of the molecule is CNC1C=C(N)C1. The lowest BCUT2D eigenvalue weighted by molar-refractivity contribution is 0.599. The molecule has 1 aliphatic carbocycles. The Kier molecular flexibility index (Phi) is 1.02. The van der Waals surface area contributed by atoms with Crippen LogP contribution in [0.4, 0.5) is 0 Å². The standard InChI is InChI=1S/C5H10N2/c1-7-5-2-4(6)3-5/h2,5,7H,3,6H2,1H3. The van der Waals surface area contributed by atoms with Crippen molar-refractivity contribution in [3.63, 3.8) is 0 Å². The third-order valence-corrected chi connectivity index (χ3v) is 1.24. The molecule has 0 radical (unpaired) electrons. The first kappa shape index (κ1) is 4.65. The number of nitrogens with two attached hydrogens (primary N) is 1. The zero-order chi connectivity index (χ0) is 5.28. The predicted molar refractivity (Wildman–Crippen MR) is 29.7 cm³/mol. The van der Waals surface area contributed by atoms with E-state index in [-0.39, 0.29) is 0 Å². The molecule has 0 bridgehead atoms. The van der Waals surface area contributed by atoms with E-state index in [4.69, 9.17) is 5.73 Å². The number of likely N-dealkylation sites (N-methyl/N-ethyl adjacent to an activating group) is 1. The average molecular weight is 98.1 g/mol. The lowest BCUT2D eigenvalue weighted by Crippen LogP contribution is -2.32. The summed E-state index contributed by atoms with van der Waals surface area (Å²) in [5.41, 5.74) is 6.38. The molecule has 1 unspecified atom stereocenters. The second kappa shape index (κ2) is 1.54. The van der Waals surface area contributed by atoms with E-state index in [1.807, 2.05) is 13.1 Å². The summed E-state index contributed by atoms with van der Waals surface area (Å²) >= 11 is 0. The van der Waals surface area contributed by atoms with E-state index in [9.17, 15) is 0 Å². The Labute approximate surface area is 43.4 Å². The van der Waals surface area contributed by atoms with Crippen LogP contribution >= 0.6 is 0 Å². The molecule has 0 fully saturated rings. The Morgan fingerprint density at radius 3 is 2.71 bits per heavy atom. The topological polar surface area (TPSA) is 38.0 Å². The van der Waals surface area contributed by atoms with Gasteiger partial charge in [0.25, 0.3) is 0 Å². The van der Waals surface area contributed by atoms with Crippen LogP contribution in [-0.2, 0) is 0 Å². The van der Waals surface area contributed by atoms with Crippen LogP contribution in [0.3, 0.4) is 0 Å². The first-order valence-corrected chi connectivity index (χ1v) is 2.46. The molecule has 0 aromatic rings. The molecular formula is C5H10N2. The fourth-order valence-corrected chi connectivity index (χ4v) is 0.664. The zero-order valence-electron chi connectivity index (χ0n) is 4.44. The Balaban J connectivity index is 2.31. The highest BCUT2D eigenvalue weighted by molar-refractivity contribution is 5.16. The highest BCUT2D eigenvalue weighted by atomic mass is 14.9. The number of nitrogens with one attached hydrogen (secondary N) is 1. The van der Waals surface area contributed by atoms with Gasteiger partial charge in [-0.15, -0.1) is 0 Å². The van der Waals surface area contributed by atoms with Gasteiger partial charge in [-0.1, -0.05) is 0 Å². The maximum absolute atomic E-state index is 5.37. The average Bonchev–Trinajstić information content (AvgIpc) is 1.58. The minimum absolute atomic E-state index is 0.556. The lowest BCUT2D eigenvalue weighted by atomic mass is 10.0. The van der Waals surface area contributed by atoms with Crippen LogP contribution in [0.25, 0.3) is 0 Å². The van der Waals surface area contributed by atoms with Crippen molar-refractivity contribution in [3.05, 3.63) is 11.8 Å². The molecule has 0 aromatic heterocycles. The normalized spacial score (nSPS) is 28.7. The molecule has 0 saturated heterocycles. The molecule has 1 aliphatic rings. The highest BCUT2D eigenvalue weighted by Gasteiger charge is 2.12. The summed E-state index contributed by atoms with van der Waals surface area (Å²) in [5.74, 6) is 0. The molecule has 0 saturated carbocycles. The molecule has 1 rings (SSSR count). The van der Waals surface area contributed by atoms with Crippen LogP contribution in [0.2, 0.25) is 0 Å². The molecule has 40 valence electrons. The van der Waals surface area contributed by atoms with Crippen LogP contribution in [-0.4, -0.2) is 13.1 Å². The van der Waals surface area contributed by atoms with Gasteiger partial charge < -0.3 is 11.1 Å².